The zero-order chi connectivity index (χ0) is 16.4. The van der Waals surface area contributed by atoms with Crippen molar-refractivity contribution in [1.29, 1.82) is 0 Å². The molecule has 0 bridgehead atoms. The van der Waals surface area contributed by atoms with Crippen LogP contribution in [0.1, 0.15) is 26.2 Å². The number of hydrogen-bond donors (Lipinski definition) is 1. The summed E-state index contributed by atoms with van der Waals surface area (Å²) in [5.41, 5.74) is 2.44. The van der Waals surface area contributed by atoms with E-state index >= 15 is 0 Å². The zero-order valence-electron chi connectivity index (χ0n) is 13.5. The van der Waals surface area contributed by atoms with Crippen LogP contribution in [0, 0.1) is 0 Å². The fourth-order valence-corrected chi connectivity index (χ4v) is 3.89. The average molecular weight is 358 g/mol. The van der Waals surface area contributed by atoms with Crippen LogP contribution >= 0.6 is 11.6 Å². The molecule has 2 aliphatic rings. The van der Waals surface area contributed by atoms with Crippen molar-refractivity contribution in [2.75, 3.05) is 41.7 Å². The van der Waals surface area contributed by atoms with E-state index in [9.17, 15) is 8.42 Å². The number of halogens is 1. The minimum Gasteiger partial charge on any atom is -0.368 e. The van der Waals surface area contributed by atoms with Crippen molar-refractivity contribution in [2.24, 2.45) is 0 Å². The number of nitrogens with one attached hydrogen (secondary N) is 1. The van der Waals surface area contributed by atoms with Gasteiger partial charge in [-0.1, -0.05) is 11.6 Å². The predicted octanol–water partition coefficient (Wildman–Crippen LogP) is 2.46. The second kappa shape index (κ2) is 6.87. The highest BCUT2D eigenvalue weighted by molar-refractivity contribution is 7.89. The van der Waals surface area contributed by atoms with Gasteiger partial charge in [0, 0.05) is 37.2 Å². The Hall–Kier alpha value is -0.980. The lowest BCUT2D eigenvalue weighted by molar-refractivity contribution is 0.578. The molecule has 7 heteroatoms. The van der Waals surface area contributed by atoms with Gasteiger partial charge >= 0.3 is 0 Å². The Morgan fingerprint density at radius 1 is 1.26 bits per heavy atom. The first-order valence-corrected chi connectivity index (χ1v) is 10.3. The fraction of sp³-hybridized carbons (Fsp3) is 0.625. The molecule has 23 heavy (non-hydrogen) atoms. The van der Waals surface area contributed by atoms with E-state index in [4.69, 9.17) is 11.6 Å². The molecule has 1 aromatic rings. The van der Waals surface area contributed by atoms with E-state index in [0.717, 1.165) is 31.1 Å². The van der Waals surface area contributed by atoms with Crippen molar-refractivity contribution in [3.8, 4) is 0 Å². The monoisotopic (exact) mass is 357 g/mol. The summed E-state index contributed by atoms with van der Waals surface area (Å²) in [4.78, 5) is 4.81. The van der Waals surface area contributed by atoms with Crippen LogP contribution in [0.5, 0.6) is 0 Å². The smallest absolute Gasteiger partial charge is 0.211 e. The fourth-order valence-electron chi connectivity index (χ4n) is 3.06. The molecule has 5 nitrogen and oxygen atoms in total. The summed E-state index contributed by atoms with van der Waals surface area (Å²) >= 11 is 6.19. The summed E-state index contributed by atoms with van der Waals surface area (Å²) in [7, 11) is -3.09. The molecule has 1 aromatic carbocycles. The average Bonchev–Trinajstić information content (AvgIpc) is 3.36. The van der Waals surface area contributed by atoms with Crippen LogP contribution in [0.25, 0.3) is 0 Å². The minimum atomic E-state index is -3.09. The van der Waals surface area contributed by atoms with Crippen molar-refractivity contribution in [3.63, 3.8) is 0 Å². The molecule has 1 N–H and O–H groups in total. The quantitative estimate of drug-likeness (QED) is 0.762. The number of benzene rings is 1. The molecule has 0 aromatic heterocycles. The second-order valence-electron chi connectivity index (χ2n) is 6.20. The number of rotatable bonds is 7. The second-order valence-corrected chi connectivity index (χ2v) is 8.73. The molecule has 0 atom stereocenters. The van der Waals surface area contributed by atoms with Gasteiger partial charge in [0.2, 0.25) is 10.0 Å². The van der Waals surface area contributed by atoms with Crippen LogP contribution in [0.3, 0.4) is 0 Å². The summed E-state index contributed by atoms with van der Waals surface area (Å²) in [5.74, 6) is 0.133. The minimum absolute atomic E-state index is 0.133. The number of anilines is 2. The maximum atomic E-state index is 11.5. The molecule has 3 rings (SSSR count). The Balaban J connectivity index is 1.64. The third kappa shape index (κ3) is 4.11. The van der Waals surface area contributed by atoms with Gasteiger partial charge in [0.1, 0.15) is 0 Å². The van der Waals surface area contributed by atoms with Gasteiger partial charge in [-0.15, -0.1) is 0 Å². The van der Waals surface area contributed by atoms with Crippen LogP contribution in [-0.4, -0.2) is 46.4 Å². The van der Waals surface area contributed by atoms with Crippen LogP contribution in [0.4, 0.5) is 11.4 Å². The van der Waals surface area contributed by atoms with Gasteiger partial charge in [-0.2, -0.15) is 0 Å². The van der Waals surface area contributed by atoms with Crippen LogP contribution in [0.15, 0.2) is 18.2 Å². The van der Waals surface area contributed by atoms with Crippen LogP contribution in [-0.2, 0) is 10.0 Å². The van der Waals surface area contributed by atoms with Gasteiger partial charge in [0.15, 0.2) is 0 Å². The third-order valence-corrected chi connectivity index (χ3v) is 6.13. The standard InChI is InChI=1S/C16H24ClN3O2S/c1-2-23(21,22)18-8-3-9-19-10-11-20(14-5-6-14)16-12-13(17)4-7-15(16)19/h4,7,12,14,18H,2-3,5-6,8-11H2,1H3. The lowest BCUT2D eigenvalue weighted by atomic mass is 10.1. The molecule has 0 amide bonds. The highest BCUT2D eigenvalue weighted by atomic mass is 35.5. The van der Waals surface area contributed by atoms with Crippen molar-refractivity contribution in [3.05, 3.63) is 23.2 Å². The molecule has 1 aliphatic heterocycles. The van der Waals surface area contributed by atoms with E-state index in [-0.39, 0.29) is 5.75 Å². The van der Waals surface area contributed by atoms with Gasteiger partial charge < -0.3 is 9.80 Å². The van der Waals surface area contributed by atoms with E-state index in [1.807, 2.05) is 6.07 Å². The van der Waals surface area contributed by atoms with Gasteiger partial charge in [0.25, 0.3) is 0 Å². The molecular weight excluding hydrogens is 334 g/mol. The van der Waals surface area contributed by atoms with Gasteiger partial charge in [-0.3, -0.25) is 0 Å². The van der Waals surface area contributed by atoms with Crippen molar-refractivity contribution < 1.29 is 8.42 Å². The maximum Gasteiger partial charge on any atom is 0.211 e. The van der Waals surface area contributed by atoms with E-state index in [0.29, 0.717) is 12.6 Å². The molecule has 0 radical (unpaired) electrons. The molecule has 128 valence electrons. The van der Waals surface area contributed by atoms with Gasteiger partial charge in [-0.05, 0) is 44.4 Å². The number of fused-ring (bicyclic) bond motifs is 1. The first kappa shape index (κ1) is 16.9. The summed E-state index contributed by atoms with van der Waals surface area (Å²) in [6.07, 6.45) is 3.33. The molecule has 1 saturated carbocycles. The Morgan fingerprint density at radius 3 is 2.74 bits per heavy atom. The normalized spacial score (nSPS) is 18.2. The van der Waals surface area contributed by atoms with Gasteiger partial charge in [-0.25, -0.2) is 13.1 Å². The molecule has 0 unspecified atom stereocenters. The summed E-state index contributed by atoms with van der Waals surface area (Å²) in [5, 5.41) is 0.770. The number of sulfonamides is 1. The van der Waals surface area contributed by atoms with Crippen molar-refractivity contribution >= 4 is 33.0 Å². The topological polar surface area (TPSA) is 52.7 Å². The Labute approximate surface area is 143 Å². The van der Waals surface area contributed by atoms with E-state index in [1.54, 1.807) is 6.92 Å². The predicted molar refractivity (Wildman–Crippen MR) is 96.1 cm³/mol. The SMILES string of the molecule is CCS(=O)(=O)NCCCN1CCN(C2CC2)c2cc(Cl)ccc21. The van der Waals surface area contributed by atoms with E-state index < -0.39 is 10.0 Å². The van der Waals surface area contributed by atoms with Gasteiger partial charge in [0.05, 0.1) is 17.1 Å². The van der Waals surface area contributed by atoms with Crippen LogP contribution in [0.2, 0.25) is 5.02 Å². The lowest BCUT2D eigenvalue weighted by Gasteiger charge is -2.39. The van der Waals surface area contributed by atoms with E-state index in [2.05, 4.69) is 26.7 Å². The van der Waals surface area contributed by atoms with Crippen LogP contribution < -0.4 is 14.5 Å². The zero-order valence-corrected chi connectivity index (χ0v) is 15.0. The Morgan fingerprint density at radius 2 is 2.04 bits per heavy atom. The molecular formula is C16H24ClN3O2S. The summed E-state index contributed by atoms with van der Waals surface area (Å²) < 4.78 is 25.6. The Bertz CT molecular complexity index is 661. The first-order valence-electron chi connectivity index (χ1n) is 8.28. The summed E-state index contributed by atoms with van der Waals surface area (Å²) in [6, 6.07) is 6.75. The highest BCUT2D eigenvalue weighted by Crippen LogP contribution is 2.41. The lowest BCUT2D eigenvalue weighted by Crippen LogP contribution is -2.43. The molecule has 0 spiro atoms. The van der Waals surface area contributed by atoms with Crippen molar-refractivity contribution in [2.45, 2.75) is 32.2 Å². The number of nitrogens with zero attached hydrogens (tertiary/aromatic N) is 2. The molecule has 1 aliphatic carbocycles. The molecule has 1 fully saturated rings. The molecule has 0 saturated heterocycles. The Kier molecular flexibility index (Phi) is 5.04. The first-order chi connectivity index (χ1) is 11.0. The highest BCUT2D eigenvalue weighted by Gasteiger charge is 2.33. The number of hydrogen-bond acceptors (Lipinski definition) is 4. The third-order valence-electron chi connectivity index (χ3n) is 4.49. The largest absolute Gasteiger partial charge is 0.368 e. The van der Waals surface area contributed by atoms with Crippen molar-refractivity contribution in [1.82, 2.24) is 4.72 Å². The maximum absolute atomic E-state index is 11.5. The molecule has 1 heterocycles. The summed E-state index contributed by atoms with van der Waals surface area (Å²) in [6.45, 7) is 4.98. The van der Waals surface area contributed by atoms with E-state index in [1.165, 1.54) is 24.2 Å².